The van der Waals surface area contributed by atoms with Crippen molar-refractivity contribution in [3.63, 3.8) is 0 Å². The Morgan fingerprint density at radius 1 is 1.06 bits per heavy atom. The Bertz CT molecular complexity index is 1480. The summed E-state index contributed by atoms with van der Waals surface area (Å²) in [5.41, 5.74) is 4.41. The van der Waals surface area contributed by atoms with Crippen LogP contribution < -0.4 is 4.73 Å². The van der Waals surface area contributed by atoms with Crippen LogP contribution in [0.1, 0.15) is 16.1 Å². The van der Waals surface area contributed by atoms with Crippen LogP contribution in [0.2, 0.25) is 5.02 Å². The van der Waals surface area contributed by atoms with Crippen LogP contribution in [0, 0.1) is 5.21 Å². The minimum Gasteiger partial charge on any atom is -0.618 e. The quantitative estimate of drug-likeness (QED) is 0.296. The summed E-state index contributed by atoms with van der Waals surface area (Å²) in [5, 5.41) is 38.0. The summed E-state index contributed by atoms with van der Waals surface area (Å²) in [6.45, 7) is 0.256. The van der Waals surface area contributed by atoms with E-state index in [-0.39, 0.29) is 12.1 Å². The number of nitrogens with zero attached hydrogens (tertiary/aromatic N) is 7. The molecule has 0 bridgehead atoms. The lowest BCUT2D eigenvalue weighted by atomic mass is 10.1. The average Bonchev–Trinajstić information content (AvgIpc) is 3.53. The first-order chi connectivity index (χ1) is 16.5. The normalized spacial score (nSPS) is 11.0. The predicted octanol–water partition coefficient (Wildman–Crippen LogP) is 3.23. The van der Waals surface area contributed by atoms with Gasteiger partial charge < -0.3 is 10.3 Å². The number of benzene rings is 2. The maximum Gasteiger partial charge on any atom is 0.335 e. The van der Waals surface area contributed by atoms with Crippen molar-refractivity contribution in [2.24, 2.45) is 0 Å². The van der Waals surface area contributed by atoms with E-state index < -0.39 is 5.97 Å². The van der Waals surface area contributed by atoms with Gasteiger partial charge in [-0.1, -0.05) is 23.7 Å². The maximum absolute atomic E-state index is 12.8. The number of pyridine rings is 1. The molecule has 0 saturated heterocycles. The predicted molar refractivity (Wildman–Crippen MR) is 122 cm³/mol. The lowest BCUT2D eigenvalue weighted by Gasteiger charge is -2.11. The molecule has 0 aliphatic carbocycles. The maximum atomic E-state index is 12.8. The Labute approximate surface area is 197 Å². The van der Waals surface area contributed by atoms with Crippen molar-refractivity contribution >= 4 is 17.6 Å². The molecule has 0 aliphatic heterocycles. The standard InChI is InChI=1S/C23H16ClN7O3/c24-19-6-8-22(30-14-25-27-28-30)21(9-19)17-5-7-20(31(34)12-17)13-29-11-18(10-26-29)15-1-3-16(4-2-15)23(32)33/h1-12,14H,13H2,(H,32,33). The van der Waals surface area contributed by atoms with E-state index in [1.807, 2.05) is 6.07 Å². The van der Waals surface area contributed by atoms with Crippen molar-refractivity contribution in [2.75, 3.05) is 0 Å². The Kier molecular flexibility index (Phi) is 5.48. The molecular formula is C23H16ClN7O3. The van der Waals surface area contributed by atoms with E-state index in [4.69, 9.17) is 16.7 Å². The number of hydrogen-bond acceptors (Lipinski definition) is 6. The number of hydrogen-bond donors (Lipinski definition) is 1. The first-order valence-corrected chi connectivity index (χ1v) is 10.5. The molecule has 168 valence electrons. The lowest BCUT2D eigenvalue weighted by molar-refractivity contribution is -0.613. The second-order valence-electron chi connectivity index (χ2n) is 7.46. The molecule has 0 unspecified atom stereocenters. The van der Waals surface area contributed by atoms with Crippen LogP contribution >= 0.6 is 11.6 Å². The van der Waals surface area contributed by atoms with Gasteiger partial charge in [0.25, 0.3) is 0 Å². The molecule has 0 spiro atoms. The molecule has 3 heterocycles. The van der Waals surface area contributed by atoms with Gasteiger partial charge in [0, 0.05) is 34.0 Å². The highest BCUT2D eigenvalue weighted by atomic mass is 35.5. The minimum absolute atomic E-state index is 0.214. The minimum atomic E-state index is -0.978. The van der Waals surface area contributed by atoms with E-state index in [2.05, 4.69) is 20.6 Å². The van der Waals surface area contributed by atoms with Crippen molar-refractivity contribution in [1.82, 2.24) is 30.0 Å². The van der Waals surface area contributed by atoms with Gasteiger partial charge >= 0.3 is 5.97 Å². The SMILES string of the molecule is O=C(O)c1ccc(-c2cnn(Cc3ccc(-c4cc(Cl)ccc4-n4cnnn4)c[n+]3[O-])c2)cc1. The van der Waals surface area contributed by atoms with Crippen LogP contribution in [-0.4, -0.2) is 41.1 Å². The topological polar surface area (TPSA) is 126 Å². The van der Waals surface area contributed by atoms with Crippen molar-refractivity contribution in [1.29, 1.82) is 0 Å². The number of carbonyl (C=O) groups is 1. The first-order valence-electron chi connectivity index (χ1n) is 10.1. The molecule has 0 atom stereocenters. The van der Waals surface area contributed by atoms with Gasteiger partial charge in [-0.25, -0.2) is 4.79 Å². The molecule has 0 fully saturated rings. The van der Waals surface area contributed by atoms with Crippen molar-refractivity contribution in [3.05, 3.63) is 101 Å². The molecule has 2 aromatic carbocycles. The summed E-state index contributed by atoms with van der Waals surface area (Å²) in [5.74, 6) is -0.978. The Hall–Kier alpha value is -4.57. The molecule has 34 heavy (non-hydrogen) atoms. The fraction of sp³-hybridized carbons (Fsp3) is 0.0435. The van der Waals surface area contributed by atoms with Crippen LogP contribution in [0.5, 0.6) is 0 Å². The molecule has 0 aliphatic rings. The number of carboxylic acids is 1. The van der Waals surface area contributed by atoms with Crippen LogP contribution in [0.15, 0.2) is 79.5 Å². The van der Waals surface area contributed by atoms with Crippen molar-refractivity contribution in [3.8, 4) is 27.9 Å². The third-order valence-electron chi connectivity index (χ3n) is 5.28. The summed E-state index contributed by atoms with van der Waals surface area (Å²) >= 11 is 6.20. The van der Waals surface area contributed by atoms with Gasteiger partial charge in [0.2, 0.25) is 5.69 Å². The largest absolute Gasteiger partial charge is 0.618 e. The zero-order valence-corrected chi connectivity index (χ0v) is 18.2. The van der Waals surface area contributed by atoms with E-state index >= 15 is 0 Å². The number of rotatable bonds is 6. The number of halogens is 1. The average molecular weight is 474 g/mol. The van der Waals surface area contributed by atoms with E-state index in [1.54, 1.807) is 65.6 Å². The number of carboxylic acid groups (broad SMARTS) is 1. The summed E-state index contributed by atoms with van der Waals surface area (Å²) < 4.78 is 3.95. The highest BCUT2D eigenvalue weighted by molar-refractivity contribution is 6.31. The lowest BCUT2D eigenvalue weighted by Crippen LogP contribution is -2.32. The third-order valence-corrected chi connectivity index (χ3v) is 5.52. The van der Waals surface area contributed by atoms with Gasteiger partial charge in [-0.2, -0.15) is 14.5 Å². The summed E-state index contributed by atoms with van der Waals surface area (Å²) in [4.78, 5) is 11.0. The number of aromatic carboxylic acids is 1. The van der Waals surface area contributed by atoms with Gasteiger partial charge in [-0.3, -0.25) is 4.68 Å². The molecule has 0 radical (unpaired) electrons. The number of tetrazole rings is 1. The summed E-state index contributed by atoms with van der Waals surface area (Å²) in [6, 6.07) is 15.4. The molecule has 5 rings (SSSR count). The first kappa shape index (κ1) is 21.3. The summed E-state index contributed by atoms with van der Waals surface area (Å²) in [7, 11) is 0. The fourth-order valence-corrected chi connectivity index (χ4v) is 3.75. The Morgan fingerprint density at radius 2 is 1.85 bits per heavy atom. The van der Waals surface area contributed by atoms with Crippen LogP contribution in [0.4, 0.5) is 0 Å². The molecule has 10 nitrogen and oxygen atoms in total. The van der Waals surface area contributed by atoms with Crippen molar-refractivity contribution < 1.29 is 14.6 Å². The van der Waals surface area contributed by atoms with Gasteiger partial charge in [0.1, 0.15) is 12.9 Å². The second kappa shape index (κ2) is 8.75. The smallest absolute Gasteiger partial charge is 0.335 e. The van der Waals surface area contributed by atoms with E-state index in [0.29, 0.717) is 27.5 Å². The highest BCUT2D eigenvalue weighted by Gasteiger charge is 2.15. The Balaban J connectivity index is 1.40. The molecule has 11 heteroatoms. The van der Waals surface area contributed by atoms with E-state index in [9.17, 15) is 10.0 Å². The highest BCUT2D eigenvalue weighted by Crippen LogP contribution is 2.29. The molecule has 3 aromatic heterocycles. The van der Waals surface area contributed by atoms with E-state index in [0.717, 1.165) is 15.9 Å². The third kappa shape index (κ3) is 4.21. The van der Waals surface area contributed by atoms with Crippen molar-refractivity contribution in [2.45, 2.75) is 6.54 Å². The molecule has 5 aromatic rings. The molecule has 0 saturated carbocycles. The fourth-order valence-electron chi connectivity index (χ4n) is 3.57. The van der Waals surface area contributed by atoms with Gasteiger partial charge in [-0.05, 0) is 52.4 Å². The van der Waals surface area contributed by atoms with Gasteiger partial charge in [-0.15, -0.1) is 5.10 Å². The molecule has 1 N–H and O–H groups in total. The summed E-state index contributed by atoms with van der Waals surface area (Å²) in [6.07, 6.45) is 6.42. The van der Waals surface area contributed by atoms with Gasteiger partial charge in [0.15, 0.2) is 6.20 Å². The van der Waals surface area contributed by atoms with E-state index in [1.165, 1.54) is 17.2 Å². The molecular weight excluding hydrogens is 458 g/mol. The number of aromatic nitrogens is 7. The van der Waals surface area contributed by atoms with Crippen LogP contribution in [0.25, 0.3) is 27.9 Å². The van der Waals surface area contributed by atoms with Crippen LogP contribution in [0.3, 0.4) is 0 Å². The van der Waals surface area contributed by atoms with Crippen LogP contribution in [-0.2, 0) is 6.54 Å². The second-order valence-corrected chi connectivity index (χ2v) is 7.90. The zero-order valence-electron chi connectivity index (χ0n) is 17.5. The van der Waals surface area contributed by atoms with Gasteiger partial charge in [0.05, 0.1) is 17.4 Å². The monoisotopic (exact) mass is 473 g/mol. The molecule has 0 amide bonds. The Morgan fingerprint density at radius 3 is 2.56 bits per heavy atom. The zero-order chi connectivity index (χ0) is 23.7.